The molecule has 1 aliphatic heterocycles. The lowest BCUT2D eigenvalue weighted by atomic mass is 10.2. The minimum absolute atomic E-state index is 0.341. The van der Waals surface area contributed by atoms with Crippen LogP contribution in [-0.4, -0.2) is 29.9 Å². The maximum atomic E-state index is 11.4. The molecule has 3 unspecified atom stereocenters. The van der Waals surface area contributed by atoms with Crippen LogP contribution in [0.15, 0.2) is 0 Å². The Hall–Kier alpha value is -0.570. The highest BCUT2D eigenvalue weighted by molar-refractivity contribution is 5.85. The van der Waals surface area contributed by atoms with Crippen LogP contribution in [0.25, 0.3) is 0 Å². The lowest BCUT2D eigenvalue weighted by molar-refractivity contribution is -0.131. The van der Waals surface area contributed by atoms with E-state index in [9.17, 15) is 4.79 Å². The summed E-state index contributed by atoms with van der Waals surface area (Å²) in [5.74, 6) is 1.30. The van der Waals surface area contributed by atoms with Crippen molar-refractivity contribution < 1.29 is 4.79 Å². The Balaban J connectivity index is 2.13. The largest absolute Gasteiger partial charge is 0.338 e. The van der Waals surface area contributed by atoms with E-state index in [1.807, 2.05) is 11.8 Å². The lowest BCUT2D eigenvalue weighted by Gasteiger charge is -2.24. The van der Waals surface area contributed by atoms with Crippen molar-refractivity contribution >= 4 is 5.91 Å². The first-order valence-electron chi connectivity index (χ1n) is 4.30. The fourth-order valence-electron chi connectivity index (χ4n) is 2.22. The zero-order valence-corrected chi connectivity index (χ0v) is 6.79. The maximum Gasteiger partial charge on any atom is 0.226 e. The van der Waals surface area contributed by atoms with Gasteiger partial charge >= 0.3 is 0 Å². The van der Waals surface area contributed by atoms with E-state index >= 15 is 0 Å². The van der Waals surface area contributed by atoms with Crippen molar-refractivity contribution in [2.24, 2.45) is 17.6 Å². The van der Waals surface area contributed by atoms with Crippen molar-refractivity contribution in [2.45, 2.75) is 19.4 Å². The fraction of sp³-hybridized carbons (Fsp3) is 0.875. The molecule has 11 heavy (non-hydrogen) atoms. The zero-order valence-electron chi connectivity index (χ0n) is 6.79. The van der Waals surface area contributed by atoms with Gasteiger partial charge in [0.05, 0.1) is 0 Å². The number of hydrogen-bond donors (Lipinski definition) is 1. The predicted molar refractivity (Wildman–Crippen MR) is 41.8 cm³/mol. The number of nitrogens with zero attached hydrogens (tertiary/aromatic N) is 1. The van der Waals surface area contributed by atoms with Crippen LogP contribution >= 0.6 is 0 Å². The van der Waals surface area contributed by atoms with Gasteiger partial charge in [0.25, 0.3) is 0 Å². The number of hydrogen-bond acceptors (Lipinski definition) is 2. The number of rotatable bonds is 2. The summed E-state index contributed by atoms with van der Waals surface area (Å²) < 4.78 is 0. The molecule has 3 nitrogen and oxygen atoms in total. The minimum atomic E-state index is 0.341. The van der Waals surface area contributed by atoms with Gasteiger partial charge in [-0.25, -0.2) is 0 Å². The van der Waals surface area contributed by atoms with E-state index in [1.165, 1.54) is 0 Å². The quantitative estimate of drug-likeness (QED) is 0.599. The summed E-state index contributed by atoms with van der Waals surface area (Å²) in [6.45, 7) is 3.49. The standard InChI is InChI=1S/C8H14N2O/c1-2-10-7(4-9)5-3-6(5)8(10)11/h5-7H,2-4,9H2,1H3. The molecule has 2 rings (SSSR count). The molecule has 1 amide bonds. The van der Waals surface area contributed by atoms with E-state index in [4.69, 9.17) is 5.73 Å². The Morgan fingerprint density at radius 2 is 2.45 bits per heavy atom. The summed E-state index contributed by atoms with van der Waals surface area (Å²) in [7, 11) is 0. The first kappa shape index (κ1) is 7.10. The highest BCUT2D eigenvalue weighted by Gasteiger charge is 2.57. The Kier molecular flexibility index (Phi) is 1.42. The SMILES string of the molecule is CCN1C(=O)C2CC2C1CN. The van der Waals surface area contributed by atoms with Crippen LogP contribution in [0.2, 0.25) is 0 Å². The van der Waals surface area contributed by atoms with Gasteiger partial charge in [-0.2, -0.15) is 0 Å². The van der Waals surface area contributed by atoms with Crippen molar-refractivity contribution in [2.75, 3.05) is 13.1 Å². The highest BCUT2D eigenvalue weighted by atomic mass is 16.2. The molecule has 0 aromatic carbocycles. The molecular weight excluding hydrogens is 140 g/mol. The monoisotopic (exact) mass is 154 g/mol. The Labute approximate surface area is 66.5 Å². The molecule has 2 aliphatic rings. The number of piperidine rings is 1. The number of fused-ring (bicyclic) bond motifs is 1. The van der Waals surface area contributed by atoms with Gasteiger partial charge in [0.15, 0.2) is 0 Å². The maximum absolute atomic E-state index is 11.4. The number of carbonyl (C=O) groups is 1. The third-order valence-electron chi connectivity index (χ3n) is 2.92. The Morgan fingerprint density at radius 3 is 2.91 bits per heavy atom. The van der Waals surface area contributed by atoms with E-state index in [-0.39, 0.29) is 0 Å². The van der Waals surface area contributed by atoms with Gasteiger partial charge in [0, 0.05) is 25.0 Å². The van der Waals surface area contributed by atoms with Crippen LogP contribution in [0.5, 0.6) is 0 Å². The second-order valence-corrected chi connectivity index (χ2v) is 3.43. The van der Waals surface area contributed by atoms with Crippen molar-refractivity contribution in [3.05, 3.63) is 0 Å². The molecule has 3 atom stereocenters. The first-order valence-corrected chi connectivity index (χ1v) is 4.30. The van der Waals surface area contributed by atoms with Crippen LogP contribution in [0.1, 0.15) is 13.3 Å². The number of carbonyl (C=O) groups excluding carboxylic acids is 1. The Morgan fingerprint density at radius 1 is 1.73 bits per heavy atom. The molecular formula is C8H14N2O. The van der Waals surface area contributed by atoms with Crippen molar-refractivity contribution in [1.29, 1.82) is 0 Å². The number of likely N-dealkylation sites (N-methyl/N-ethyl adjacent to an activating group) is 1. The van der Waals surface area contributed by atoms with E-state index in [2.05, 4.69) is 0 Å². The summed E-state index contributed by atoms with van der Waals surface area (Å²) in [5.41, 5.74) is 5.59. The molecule has 62 valence electrons. The zero-order chi connectivity index (χ0) is 8.01. The molecule has 1 heterocycles. The summed E-state index contributed by atoms with van der Waals surface area (Å²) in [4.78, 5) is 13.3. The summed E-state index contributed by atoms with van der Waals surface area (Å²) in [5, 5.41) is 0. The second-order valence-electron chi connectivity index (χ2n) is 3.43. The van der Waals surface area contributed by atoms with Gasteiger partial charge in [-0.1, -0.05) is 0 Å². The second kappa shape index (κ2) is 2.21. The average Bonchev–Trinajstić information content (AvgIpc) is 2.73. The van der Waals surface area contributed by atoms with E-state index in [0.29, 0.717) is 30.3 Å². The van der Waals surface area contributed by atoms with Crippen molar-refractivity contribution in [3.8, 4) is 0 Å². The van der Waals surface area contributed by atoms with Crippen molar-refractivity contribution in [3.63, 3.8) is 0 Å². The molecule has 2 N–H and O–H groups in total. The van der Waals surface area contributed by atoms with Gasteiger partial charge in [0.2, 0.25) is 5.91 Å². The van der Waals surface area contributed by atoms with E-state index in [0.717, 1.165) is 13.0 Å². The topological polar surface area (TPSA) is 46.3 Å². The molecule has 3 heteroatoms. The van der Waals surface area contributed by atoms with Crippen LogP contribution in [0.3, 0.4) is 0 Å². The minimum Gasteiger partial charge on any atom is -0.338 e. The molecule has 0 bridgehead atoms. The van der Waals surface area contributed by atoms with Crippen molar-refractivity contribution in [1.82, 2.24) is 4.90 Å². The van der Waals surface area contributed by atoms with Gasteiger partial charge in [0.1, 0.15) is 0 Å². The number of nitrogens with two attached hydrogens (primary N) is 1. The molecule has 0 aromatic rings. The molecule has 1 aliphatic carbocycles. The van der Waals surface area contributed by atoms with Crippen LogP contribution in [-0.2, 0) is 4.79 Å². The number of likely N-dealkylation sites (tertiary alicyclic amines) is 1. The molecule has 0 aromatic heterocycles. The van der Waals surface area contributed by atoms with E-state index < -0.39 is 0 Å². The Bertz CT molecular complexity index is 193. The third-order valence-corrected chi connectivity index (χ3v) is 2.92. The summed E-state index contributed by atoms with van der Waals surface area (Å²) in [6.07, 6.45) is 1.09. The number of amides is 1. The normalized spacial score (nSPS) is 41.1. The van der Waals surface area contributed by atoms with Gasteiger partial charge in [-0.3, -0.25) is 4.79 Å². The summed E-state index contributed by atoms with van der Waals surface area (Å²) >= 11 is 0. The lowest BCUT2D eigenvalue weighted by Crippen LogP contribution is -2.41. The highest BCUT2D eigenvalue weighted by Crippen LogP contribution is 2.49. The summed E-state index contributed by atoms with van der Waals surface area (Å²) in [6, 6.07) is 0.359. The first-order chi connectivity index (χ1) is 5.29. The molecule has 0 radical (unpaired) electrons. The van der Waals surface area contributed by atoms with Gasteiger partial charge in [-0.15, -0.1) is 0 Å². The smallest absolute Gasteiger partial charge is 0.226 e. The van der Waals surface area contributed by atoms with E-state index in [1.54, 1.807) is 0 Å². The van der Waals surface area contributed by atoms with Crippen LogP contribution < -0.4 is 5.73 Å². The molecule has 1 saturated carbocycles. The molecule has 0 spiro atoms. The van der Waals surface area contributed by atoms with Crippen LogP contribution in [0.4, 0.5) is 0 Å². The average molecular weight is 154 g/mol. The third kappa shape index (κ3) is 0.805. The van der Waals surface area contributed by atoms with Gasteiger partial charge < -0.3 is 10.6 Å². The predicted octanol–water partition coefficient (Wildman–Crippen LogP) is -0.188. The van der Waals surface area contributed by atoms with Gasteiger partial charge in [-0.05, 0) is 19.3 Å². The van der Waals surface area contributed by atoms with Crippen LogP contribution in [0, 0.1) is 11.8 Å². The fourth-order valence-corrected chi connectivity index (χ4v) is 2.22. The molecule has 2 fully saturated rings. The molecule has 1 saturated heterocycles.